The van der Waals surface area contributed by atoms with Gasteiger partial charge in [0.1, 0.15) is 4.22 Å². The van der Waals surface area contributed by atoms with Gasteiger partial charge in [0, 0.05) is 5.82 Å². The van der Waals surface area contributed by atoms with Crippen molar-refractivity contribution in [3.8, 4) is 0 Å². The second kappa shape index (κ2) is 3.49. The van der Waals surface area contributed by atoms with E-state index < -0.39 is 19.4 Å². The van der Waals surface area contributed by atoms with Crippen LogP contribution >= 0.6 is 31.1 Å². The van der Waals surface area contributed by atoms with E-state index in [0.717, 1.165) is 0 Å². The minimum atomic E-state index is -4.57. The fourth-order valence-electron chi connectivity index (χ4n) is 0.214. The minimum absolute atomic E-state index is 0.174. The number of hydrogen-bond donors (Lipinski definition) is 4. The lowest BCUT2D eigenvalue weighted by Gasteiger charge is -2.01. The van der Waals surface area contributed by atoms with Crippen molar-refractivity contribution in [3.05, 3.63) is 10.0 Å². The third kappa shape index (κ3) is 5.75. The van der Waals surface area contributed by atoms with E-state index in [9.17, 15) is 9.13 Å². The van der Waals surface area contributed by atoms with Crippen LogP contribution in [0.2, 0.25) is 0 Å². The SMILES string of the molecule is O=P(O)(O)/C=C(\Br)P(=O)(O)O. The minimum Gasteiger partial charge on any atom is -0.321 e. The van der Waals surface area contributed by atoms with Crippen LogP contribution in [0.1, 0.15) is 0 Å². The zero-order chi connectivity index (χ0) is 9.28. The number of hydrogen-bond acceptors (Lipinski definition) is 2. The molecular weight excluding hydrogens is 262 g/mol. The summed E-state index contributed by atoms with van der Waals surface area (Å²) in [4.78, 5) is 33.0. The van der Waals surface area contributed by atoms with Crippen molar-refractivity contribution in [2.75, 3.05) is 0 Å². The number of rotatable bonds is 2. The quantitative estimate of drug-likeness (QED) is 0.542. The second-order valence-corrected chi connectivity index (χ2v) is 6.06. The second-order valence-electron chi connectivity index (χ2n) is 1.58. The lowest BCUT2D eigenvalue weighted by atomic mass is 11.2. The van der Waals surface area contributed by atoms with Gasteiger partial charge in [0.15, 0.2) is 0 Å². The Hall–Kier alpha value is 0.520. The van der Waals surface area contributed by atoms with Crippen molar-refractivity contribution < 1.29 is 28.7 Å². The van der Waals surface area contributed by atoms with Crippen LogP contribution in [0.15, 0.2) is 10.0 Å². The van der Waals surface area contributed by atoms with Crippen LogP contribution in [-0.2, 0) is 9.13 Å². The average Bonchev–Trinajstić information content (AvgIpc) is 1.56. The summed E-state index contributed by atoms with van der Waals surface area (Å²) in [6.45, 7) is 0. The smallest absolute Gasteiger partial charge is 0.321 e. The first kappa shape index (κ1) is 11.5. The molecule has 0 aromatic rings. The van der Waals surface area contributed by atoms with Gasteiger partial charge in [-0.25, -0.2) is 0 Å². The molecule has 0 saturated heterocycles. The molecule has 0 fully saturated rings. The molecule has 0 radical (unpaired) electrons. The summed E-state index contributed by atoms with van der Waals surface area (Å²) in [7, 11) is -9.09. The molecule has 6 nitrogen and oxygen atoms in total. The molecule has 0 unspecified atom stereocenters. The highest BCUT2D eigenvalue weighted by Crippen LogP contribution is 2.53. The van der Waals surface area contributed by atoms with Gasteiger partial charge in [-0.3, -0.25) is 9.13 Å². The third-order valence-corrected chi connectivity index (χ3v) is 4.01. The third-order valence-electron chi connectivity index (χ3n) is 0.553. The van der Waals surface area contributed by atoms with Crippen LogP contribution in [0.3, 0.4) is 0 Å². The summed E-state index contributed by atoms with van der Waals surface area (Å²) < 4.78 is 19.6. The summed E-state index contributed by atoms with van der Waals surface area (Å²) in [5.74, 6) is 0.174. The Bertz CT molecular complexity index is 258. The molecule has 0 aliphatic rings. The normalized spacial score (nSPS) is 15.2. The summed E-state index contributed by atoms with van der Waals surface area (Å²) in [6, 6.07) is 0. The van der Waals surface area contributed by atoms with Gasteiger partial charge in [-0.15, -0.1) is 0 Å². The summed E-state index contributed by atoms with van der Waals surface area (Å²) in [5, 5.41) is 0. The van der Waals surface area contributed by atoms with E-state index in [-0.39, 0.29) is 5.82 Å². The van der Waals surface area contributed by atoms with Crippen molar-refractivity contribution in [1.82, 2.24) is 0 Å². The molecule has 4 N–H and O–H groups in total. The van der Waals surface area contributed by atoms with Crippen LogP contribution in [0, 0.1) is 0 Å². The first-order chi connectivity index (χ1) is 4.63. The molecule has 0 aliphatic carbocycles. The maximum absolute atomic E-state index is 10.2. The van der Waals surface area contributed by atoms with Gasteiger partial charge in [0.2, 0.25) is 0 Å². The highest BCUT2D eigenvalue weighted by atomic mass is 79.9. The van der Waals surface area contributed by atoms with Crippen molar-refractivity contribution in [1.29, 1.82) is 0 Å². The largest absolute Gasteiger partial charge is 0.363 e. The van der Waals surface area contributed by atoms with E-state index in [1.807, 2.05) is 0 Å². The highest BCUT2D eigenvalue weighted by Gasteiger charge is 2.22. The Labute approximate surface area is 70.4 Å². The monoisotopic (exact) mass is 266 g/mol. The van der Waals surface area contributed by atoms with Gasteiger partial charge < -0.3 is 19.6 Å². The molecule has 11 heavy (non-hydrogen) atoms. The Balaban J connectivity index is 4.78. The van der Waals surface area contributed by atoms with Crippen LogP contribution in [0.25, 0.3) is 0 Å². The fourth-order valence-corrected chi connectivity index (χ4v) is 2.34. The summed E-state index contributed by atoms with van der Waals surface area (Å²) in [6.07, 6.45) is 0. The predicted molar refractivity (Wildman–Crippen MR) is 41.1 cm³/mol. The molecule has 0 amide bonds. The molecule has 0 aromatic heterocycles. The van der Waals surface area contributed by atoms with Gasteiger partial charge in [-0.05, 0) is 15.9 Å². The Morgan fingerprint density at radius 1 is 1.18 bits per heavy atom. The molecule has 66 valence electrons. The van der Waals surface area contributed by atoms with Crippen molar-refractivity contribution in [2.24, 2.45) is 0 Å². The predicted octanol–water partition coefficient (Wildman–Crippen LogP) is 0.536. The highest BCUT2D eigenvalue weighted by molar-refractivity contribution is 9.13. The Kier molecular flexibility index (Phi) is 3.66. The Morgan fingerprint density at radius 3 is 1.64 bits per heavy atom. The first-order valence-corrected chi connectivity index (χ1v) is 6.21. The zero-order valence-corrected chi connectivity index (χ0v) is 8.33. The lowest BCUT2D eigenvalue weighted by molar-refractivity contribution is 0.379. The van der Waals surface area contributed by atoms with Crippen molar-refractivity contribution in [2.45, 2.75) is 0 Å². The molecule has 9 heteroatoms. The molecule has 0 aliphatic heterocycles. The van der Waals surface area contributed by atoms with E-state index in [1.165, 1.54) is 0 Å². The average molecular weight is 267 g/mol. The molecule has 0 atom stereocenters. The molecule has 0 rings (SSSR count). The van der Waals surface area contributed by atoms with Crippen LogP contribution in [0.5, 0.6) is 0 Å². The Morgan fingerprint density at radius 2 is 1.55 bits per heavy atom. The molecule has 0 heterocycles. The molecule has 0 aromatic carbocycles. The van der Waals surface area contributed by atoms with Crippen molar-refractivity contribution >= 4 is 31.1 Å². The standard InChI is InChI=1S/C2H5BrO6P2/c3-2(11(7,8)9)1-10(4,5)6/h1H,(H2,4,5,6)(H2,7,8,9)/b2-1+. The van der Waals surface area contributed by atoms with Gasteiger partial charge >= 0.3 is 15.2 Å². The summed E-state index contributed by atoms with van der Waals surface area (Å²) in [5.41, 5.74) is 0. The van der Waals surface area contributed by atoms with Gasteiger partial charge in [-0.2, -0.15) is 0 Å². The van der Waals surface area contributed by atoms with E-state index >= 15 is 0 Å². The van der Waals surface area contributed by atoms with Crippen LogP contribution in [0.4, 0.5) is 0 Å². The summed E-state index contributed by atoms with van der Waals surface area (Å²) >= 11 is 2.34. The van der Waals surface area contributed by atoms with Gasteiger partial charge in [0.25, 0.3) is 0 Å². The molecular formula is C2H5BrO6P2. The fraction of sp³-hybridized carbons (Fsp3) is 0. The molecule has 0 bridgehead atoms. The van der Waals surface area contributed by atoms with Crippen molar-refractivity contribution in [3.63, 3.8) is 0 Å². The number of halogens is 1. The zero-order valence-electron chi connectivity index (χ0n) is 4.96. The van der Waals surface area contributed by atoms with Gasteiger partial charge in [0.05, 0.1) is 0 Å². The van der Waals surface area contributed by atoms with E-state index in [4.69, 9.17) is 19.6 Å². The maximum atomic E-state index is 10.2. The maximum Gasteiger partial charge on any atom is 0.363 e. The lowest BCUT2D eigenvalue weighted by Crippen LogP contribution is -1.78. The topological polar surface area (TPSA) is 115 Å². The van der Waals surface area contributed by atoms with Crippen LogP contribution < -0.4 is 0 Å². The first-order valence-electron chi connectivity index (χ1n) is 2.12. The van der Waals surface area contributed by atoms with E-state index in [2.05, 4.69) is 15.9 Å². The van der Waals surface area contributed by atoms with Gasteiger partial charge in [-0.1, -0.05) is 0 Å². The van der Waals surface area contributed by atoms with E-state index in [0.29, 0.717) is 0 Å². The molecule has 0 saturated carbocycles. The molecule has 0 spiro atoms. The van der Waals surface area contributed by atoms with Crippen LogP contribution in [-0.4, -0.2) is 19.6 Å². The van der Waals surface area contributed by atoms with E-state index in [1.54, 1.807) is 0 Å².